The predicted molar refractivity (Wildman–Crippen MR) is 148 cm³/mol. The fraction of sp³-hybridized carbons (Fsp3) is 0.233. The fourth-order valence-electron chi connectivity index (χ4n) is 4.47. The Kier molecular flexibility index (Phi) is 7.06. The first kappa shape index (κ1) is 26.0. The average molecular weight is 525 g/mol. The lowest BCUT2D eigenvalue weighted by Gasteiger charge is -2.34. The molecule has 8 nitrogen and oxygen atoms in total. The summed E-state index contributed by atoms with van der Waals surface area (Å²) in [7, 11) is 0. The molecule has 5 rings (SSSR count). The van der Waals surface area contributed by atoms with Crippen LogP contribution in [0.25, 0.3) is 21.9 Å². The number of hydrogen-bond acceptors (Lipinski definition) is 5. The Hall–Kier alpha value is -4.66. The number of halogens is 1. The van der Waals surface area contributed by atoms with Crippen LogP contribution in [0.2, 0.25) is 0 Å². The van der Waals surface area contributed by atoms with Crippen LogP contribution in [0.15, 0.2) is 85.1 Å². The molecule has 0 aliphatic rings. The number of fused-ring (bicyclic) bond motifs is 2. The van der Waals surface area contributed by atoms with Crippen molar-refractivity contribution in [3.05, 3.63) is 96.4 Å². The Balaban J connectivity index is 1.65. The van der Waals surface area contributed by atoms with Crippen molar-refractivity contribution in [2.75, 3.05) is 4.90 Å². The van der Waals surface area contributed by atoms with Crippen molar-refractivity contribution in [2.45, 2.75) is 45.3 Å². The smallest absolute Gasteiger partial charge is 0.249 e. The van der Waals surface area contributed by atoms with E-state index in [2.05, 4.69) is 20.6 Å². The SMILES string of the molecule is CCC(C)(C)NC(=O)[C@@H](c1ccc2ncccc2c1)N(C(=O)Cn1nnc2ccccc21)c1cccc(F)c1. The zero-order valence-electron chi connectivity index (χ0n) is 22.0. The number of carbonyl (C=O) groups is 2. The lowest BCUT2D eigenvalue weighted by Crippen LogP contribution is -2.51. The van der Waals surface area contributed by atoms with Gasteiger partial charge in [-0.05, 0) is 74.4 Å². The second-order valence-electron chi connectivity index (χ2n) is 10.1. The van der Waals surface area contributed by atoms with Crippen molar-refractivity contribution in [3.63, 3.8) is 0 Å². The number of nitrogens with one attached hydrogen (secondary N) is 1. The van der Waals surface area contributed by atoms with Gasteiger partial charge >= 0.3 is 0 Å². The Morgan fingerprint density at radius 3 is 2.62 bits per heavy atom. The second-order valence-corrected chi connectivity index (χ2v) is 10.1. The molecule has 2 aromatic heterocycles. The van der Waals surface area contributed by atoms with Crippen LogP contribution < -0.4 is 10.2 Å². The van der Waals surface area contributed by atoms with E-state index in [0.717, 1.165) is 10.9 Å². The van der Waals surface area contributed by atoms with E-state index in [0.29, 0.717) is 23.0 Å². The summed E-state index contributed by atoms with van der Waals surface area (Å²) >= 11 is 0. The Morgan fingerprint density at radius 2 is 1.82 bits per heavy atom. The molecule has 5 aromatic rings. The van der Waals surface area contributed by atoms with Gasteiger partial charge in [0.1, 0.15) is 23.9 Å². The monoisotopic (exact) mass is 524 g/mol. The number of hydrogen-bond donors (Lipinski definition) is 1. The van der Waals surface area contributed by atoms with E-state index in [1.54, 1.807) is 24.4 Å². The van der Waals surface area contributed by atoms with Crippen LogP contribution in [0.5, 0.6) is 0 Å². The molecule has 9 heteroatoms. The molecular weight excluding hydrogens is 495 g/mol. The van der Waals surface area contributed by atoms with E-state index < -0.39 is 23.3 Å². The molecule has 0 unspecified atom stereocenters. The third-order valence-electron chi connectivity index (χ3n) is 6.86. The minimum atomic E-state index is -1.09. The van der Waals surface area contributed by atoms with Gasteiger partial charge in [0.15, 0.2) is 0 Å². The van der Waals surface area contributed by atoms with E-state index in [9.17, 15) is 14.0 Å². The van der Waals surface area contributed by atoms with Gasteiger partial charge in [-0.2, -0.15) is 0 Å². The van der Waals surface area contributed by atoms with Gasteiger partial charge in [0.2, 0.25) is 11.8 Å². The van der Waals surface area contributed by atoms with Gasteiger partial charge in [-0.15, -0.1) is 5.10 Å². The Bertz CT molecular complexity index is 1660. The lowest BCUT2D eigenvalue weighted by molar-refractivity contribution is -0.128. The minimum Gasteiger partial charge on any atom is -0.349 e. The third kappa shape index (κ3) is 5.47. The average Bonchev–Trinajstić information content (AvgIpc) is 3.33. The van der Waals surface area contributed by atoms with Crippen molar-refractivity contribution in [3.8, 4) is 0 Å². The molecule has 0 fully saturated rings. The van der Waals surface area contributed by atoms with Crippen molar-refractivity contribution < 1.29 is 14.0 Å². The van der Waals surface area contributed by atoms with Crippen LogP contribution in [-0.4, -0.2) is 37.3 Å². The molecular formula is C30H29FN6O2. The molecule has 0 aliphatic carbocycles. The summed E-state index contributed by atoms with van der Waals surface area (Å²) in [5.41, 5.74) is 2.36. The standard InChI is InChI=1S/C30H29FN6O2/c1-4-30(2,3)33-29(39)28(21-14-15-24-20(17-21)9-8-16-32-24)37(23-11-7-10-22(31)18-23)27(38)19-36-26-13-6-5-12-25(26)34-35-36/h5-18,28H,4,19H2,1-3H3,(H,33,39)/t28-/m1/s1. The number of anilines is 1. The molecule has 1 atom stereocenters. The van der Waals surface area contributed by atoms with Gasteiger partial charge in [0.05, 0.1) is 11.0 Å². The van der Waals surface area contributed by atoms with Crippen LogP contribution in [-0.2, 0) is 16.1 Å². The van der Waals surface area contributed by atoms with E-state index in [1.165, 1.54) is 27.8 Å². The molecule has 1 N–H and O–H groups in total. The largest absolute Gasteiger partial charge is 0.349 e. The normalized spacial score (nSPS) is 12.4. The summed E-state index contributed by atoms with van der Waals surface area (Å²) in [6, 6.07) is 21.0. The molecule has 0 saturated heterocycles. The van der Waals surface area contributed by atoms with Gasteiger partial charge in [-0.1, -0.05) is 42.5 Å². The molecule has 2 amide bonds. The van der Waals surface area contributed by atoms with E-state index in [1.807, 2.05) is 63.2 Å². The summed E-state index contributed by atoms with van der Waals surface area (Å²) in [4.78, 5) is 33.9. The molecule has 0 spiro atoms. The molecule has 198 valence electrons. The number of nitrogens with zero attached hydrogens (tertiary/aromatic N) is 5. The highest BCUT2D eigenvalue weighted by atomic mass is 19.1. The van der Waals surface area contributed by atoms with E-state index in [-0.39, 0.29) is 18.1 Å². The van der Waals surface area contributed by atoms with Crippen molar-refractivity contribution in [1.82, 2.24) is 25.3 Å². The van der Waals surface area contributed by atoms with E-state index >= 15 is 0 Å². The molecule has 3 aromatic carbocycles. The minimum absolute atomic E-state index is 0.201. The maximum atomic E-state index is 14.5. The van der Waals surface area contributed by atoms with Crippen LogP contribution in [0.1, 0.15) is 38.8 Å². The number of carbonyl (C=O) groups excluding carboxylic acids is 2. The highest BCUT2D eigenvalue weighted by Crippen LogP contribution is 2.31. The number of aromatic nitrogens is 4. The first-order valence-corrected chi connectivity index (χ1v) is 12.8. The van der Waals surface area contributed by atoms with Crippen LogP contribution in [0.3, 0.4) is 0 Å². The Labute approximate surface area is 225 Å². The molecule has 39 heavy (non-hydrogen) atoms. The first-order valence-electron chi connectivity index (χ1n) is 12.8. The topological polar surface area (TPSA) is 93.0 Å². The van der Waals surface area contributed by atoms with Gasteiger partial charge < -0.3 is 5.32 Å². The lowest BCUT2D eigenvalue weighted by atomic mass is 9.97. The van der Waals surface area contributed by atoms with Gasteiger partial charge in [-0.3, -0.25) is 19.5 Å². The number of pyridine rings is 1. The van der Waals surface area contributed by atoms with Crippen LogP contribution in [0.4, 0.5) is 10.1 Å². The number of para-hydroxylation sites is 1. The van der Waals surface area contributed by atoms with E-state index in [4.69, 9.17) is 0 Å². The van der Waals surface area contributed by atoms with Crippen molar-refractivity contribution in [2.24, 2.45) is 0 Å². The second kappa shape index (κ2) is 10.6. The first-order chi connectivity index (χ1) is 18.8. The van der Waals surface area contributed by atoms with Crippen LogP contribution >= 0.6 is 0 Å². The molecule has 0 saturated carbocycles. The fourth-order valence-corrected chi connectivity index (χ4v) is 4.47. The number of amides is 2. The zero-order chi connectivity index (χ0) is 27.6. The summed E-state index contributed by atoms with van der Waals surface area (Å²) in [5, 5.41) is 12.2. The maximum absolute atomic E-state index is 14.5. The Morgan fingerprint density at radius 1 is 1.00 bits per heavy atom. The summed E-state index contributed by atoms with van der Waals surface area (Å²) in [6.45, 7) is 5.61. The summed E-state index contributed by atoms with van der Waals surface area (Å²) in [6.07, 6.45) is 2.37. The number of benzene rings is 3. The van der Waals surface area contributed by atoms with Gasteiger partial charge in [0, 0.05) is 22.8 Å². The molecule has 0 radical (unpaired) electrons. The van der Waals surface area contributed by atoms with Gasteiger partial charge in [-0.25, -0.2) is 9.07 Å². The molecule has 2 heterocycles. The number of rotatable bonds is 8. The third-order valence-corrected chi connectivity index (χ3v) is 6.86. The highest BCUT2D eigenvalue weighted by Gasteiger charge is 2.35. The summed E-state index contributed by atoms with van der Waals surface area (Å²) < 4.78 is 16.0. The van der Waals surface area contributed by atoms with Crippen molar-refractivity contribution in [1.29, 1.82) is 0 Å². The molecule has 0 aliphatic heterocycles. The zero-order valence-corrected chi connectivity index (χ0v) is 22.0. The van der Waals surface area contributed by atoms with Gasteiger partial charge in [0.25, 0.3) is 0 Å². The molecule has 0 bridgehead atoms. The quantitative estimate of drug-likeness (QED) is 0.301. The maximum Gasteiger partial charge on any atom is 0.249 e. The van der Waals surface area contributed by atoms with Crippen LogP contribution in [0, 0.1) is 5.82 Å². The predicted octanol–water partition coefficient (Wildman–Crippen LogP) is 5.20. The summed E-state index contributed by atoms with van der Waals surface area (Å²) in [5.74, 6) is -1.35. The van der Waals surface area contributed by atoms with Crippen molar-refractivity contribution >= 4 is 39.4 Å². The highest BCUT2D eigenvalue weighted by molar-refractivity contribution is 6.02.